The summed E-state index contributed by atoms with van der Waals surface area (Å²) in [4.78, 5) is 5.48. The van der Waals surface area contributed by atoms with E-state index in [1.807, 2.05) is 25.1 Å². The van der Waals surface area contributed by atoms with E-state index in [4.69, 9.17) is 9.47 Å². The fourth-order valence-electron chi connectivity index (χ4n) is 1.88. The van der Waals surface area contributed by atoms with Crippen LogP contribution in [0.1, 0.15) is 17.5 Å². The first-order valence-electron chi connectivity index (χ1n) is 6.05. The first-order valence-corrected chi connectivity index (χ1v) is 6.87. The van der Waals surface area contributed by atoms with Gasteiger partial charge in [0.1, 0.15) is 16.5 Å². The van der Waals surface area contributed by atoms with Crippen molar-refractivity contribution in [1.82, 2.24) is 4.98 Å². The fourth-order valence-corrected chi connectivity index (χ4v) is 2.91. The van der Waals surface area contributed by atoms with E-state index in [1.165, 1.54) is 11.3 Å². The van der Waals surface area contributed by atoms with Crippen LogP contribution in [0.15, 0.2) is 18.2 Å². The van der Waals surface area contributed by atoms with Gasteiger partial charge in [0.05, 0.1) is 37.0 Å². The molecule has 2 aromatic rings. The first-order chi connectivity index (χ1) is 9.23. The molecule has 0 unspecified atom stereocenters. The van der Waals surface area contributed by atoms with Crippen molar-refractivity contribution in [1.29, 1.82) is 0 Å². The minimum absolute atomic E-state index is 0.0210. The number of aromatic nitrogens is 1. The summed E-state index contributed by atoms with van der Waals surface area (Å²) in [6, 6.07) is 5.61. The van der Waals surface area contributed by atoms with Crippen LogP contribution in [0.4, 0.5) is 0 Å². The fraction of sp³-hybridized carbons (Fsp3) is 0.357. The number of aryl methyl sites for hydroxylation is 1. The molecule has 0 aliphatic rings. The molecule has 0 bridgehead atoms. The predicted octanol–water partition coefficient (Wildman–Crippen LogP) is 2.88. The molecule has 1 aromatic heterocycles. The summed E-state index contributed by atoms with van der Waals surface area (Å²) in [5.41, 5.74) is 1.83. The Kier molecular flexibility index (Phi) is 4.39. The van der Waals surface area contributed by atoms with E-state index >= 15 is 0 Å². The lowest BCUT2D eigenvalue weighted by Crippen LogP contribution is -1.90. The van der Waals surface area contributed by atoms with Crippen LogP contribution >= 0.6 is 11.3 Å². The molecule has 0 radical (unpaired) electrons. The van der Waals surface area contributed by atoms with E-state index < -0.39 is 0 Å². The molecule has 1 heterocycles. The van der Waals surface area contributed by atoms with E-state index in [1.54, 1.807) is 14.2 Å². The van der Waals surface area contributed by atoms with Gasteiger partial charge in [0.15, 0.2) is 0 Å². The molecule has 0 saturated heterocycles. The molecule has 0 atom stereocenters. The van der Waals surface area contributed by atoms with Gasteiger partial charge in [-0.15, -0.1) is 11.3 Å². The number of benzene rings is 1. The Hall–Kier alpha value is -1.59. The van der Waals surface area contributed by atoms with E-state index in [-0.39, 0.29) is 6.61 Å². The Morgan fingerprint density at radius 3 is 2.58 bits per heavy atom. The van der Waals surface area contributed by atoms with E-state index in [2.05, 4.69) is 4.98 Å². The second kappa shape index (κ2) is 6.04. The Morgan fingerprint density at radius 1 is 1.26 bits per heavy atom. The van der Waals surface area contributed by atoms with Crippen LogP contribution in [-0.4, -0.2) is 24.3 Å². The first kappa shape index (κ1) is 13.8. The standard InChI is InChI=1S/C14H17NO3S/c1-4-11-13(8-16)19-14(15-11)10-7-9(17-2)5-6-12(10)18-3/h5-7,16H,4,8H2,1-3H3. The third-order valence-corrected chi connectivity index (χ3v) is 4.01. The summed E-state index contributed by atoms with van der Waals surface area (Å²) >= 11 is 1.49. The van der Waals surface area contributed by atoms with Crippen LogP contribution in [0.2, 0.25) is 0 Å². The molecule has 0 aliphatic carbocycles. The second-order valence-corrected chi connectivity index (χ2v) is 5.05. The summed E-state index contributed by atoms with van der Waals surface area (Å²) in [6.45, 7) is 2.05. The van der Waals surface area contributed by atoms with Gasteiger partial charge in [0, 0.05) is 0 Å². The third kappa shape index (κ3) is 2.72. The highest BCUT2D eigenvalue weighted by Crippen LogP contribution is 2.37. The van der Waals surface area contributed by atoms with Gasteiger partial charge < -0.3 is 14.6 Å². The molecule has 4 nitrogen and oxygen atoms in total. The van der Waals surface area contributed by atoms with Crippen molar-refractivity contribution < 1.29 is 14.6 Å². The molecule has 0 fully saturated rings. The zero-order chi connectivity index (χ0) is 13.8. The average Bonchev–Trinajstić information content (AvgIpc) is 2.89. The summed E-state index contributed by atoms with van der Waals surface area (Å²) < 4.78 is 10.6. The maximum absolute atomic E-state index is 9.35. The highest BCUT2D eigenvalue weighted by molar-refractivity contribution is 7.15. The van der Waals surface area contributed by atoms with Gasteiger partial charge in [-0.2, -0.15) is 0 Å². The number of ether oxygens (including phenoxy) is 2. The van der Waals surface area contributed by atoms with Crippen LogP contribution in [0.25, 0.3) is 10.6 Å². The van der Waals surface area contributed by atoms with Crippen molar-refractivity contribution in [2.45, 2.75) is 20.0 Å². The van der Waals surface area contributed by atoms with Gasteiger partial charge in [0.25, 0.3) is 0 Å². The lowest BCUT2D eigenvalue weighted by molar-refractivity contribution is 0.284. The Morgan fingerprint density at radius 2 is 2.05 bits per heavy atom. The van der Waals surface area contributed by atoms with Crippen molar-refractivity contribution in [2.75, 3.05) is 14.2 Å². The predicted molar refractivity (Wildman–Crippen MR) is 76.0 cm³/mol. The summed E-state index contributed by atoms with van der Waals surface area (Å²) in [5, 5.41) is 10.2. The number of hydrogen-bond acceptors (Lipinski definition) is 5. The number of methoxy groups -OCH3 is 2. The number of nitrogens with zero attached hydrogens (tertiary/aromatic N) is 1. The number of rotatable bonds is 5. The lowest BCUT2D eigenvalue weighted by atomic mass is 10.2. The molecule has 1 aromatic carbocycles. The van der Waals surface area contributed by atoms with Gasteiger partial charge in [-0.25, -0.2) is 4.98 Å². The normalized spacial score (nSPS) is 10.5. The third-order valence-electron chi connectivity index (χ3n) is 2.89. The van der Waals surface area contributed by atoms with Crippen molar-refractivity contribution >= 4 is 11.3 Å². The van der Waals surface area contributed by atoms with Crippen molar-refractivity contribution in [3.8, 4) is 22.1 Å². The molecule has 5 heteroatoms. The molecule has 0 spiro atoms. The van der Waals surface area contributed by atoms with Gasteiger partial charge in [-0.05, 0) is 24.6 Å². The maximum Gasteiger partial charge on any atom is 0.129 e. The highest BCUT2D eigenvalue weighted by atomic mass is 32.1. The Labute approximate surface area is 116 Å². The minimum atomic E-state index is 0.0210. The maximum atomic E-state index is 9.35. The number of hydrogen-bond donors (Lipinski definition) is 1. The molecule has 0 aliphatic heterocycles. The van der Waals surface area contributed by atoms with Gasteiger partial charge in [-0.3, -0.25) is 0 Å². The molecular weight excluding hydrogens is 262 g/mol. The van der Waals surface area contributed by atoms with E-state index in [0.29, 0.717) is 0 Å². The van der Waals surface area contributed by atoms with Crippen LogP contribution < -0.4 is 9.47 Å². The Bertz CT molecular complexity index is 544. The van der Waals surface area contributed by atoms with Gasteiger partial charge in [-0.1, -0.05) is 6.92 Å². The SMILES string of the molecule is CCc1nc(-c2cc(OC)ccc2OC)sc1CO. The molecule has 2 rings (SSSR count). The Balaban J connectivity index is 2.53. The quantitative estimate of drug-likeness (QED) is 0.914. The largest absolute Gasteiger partial charge is 0.497 e. The summed E-state index contributed by atoms with van der Waals surface area (Å²) in [5.74, 6) is 1.51. The van der Waals surface area contributed by atoms with Gasteiger partial charge >= 0.3 is 0 Å². The number of thiazole rings is 1. The molecule has 1 N–H and O–H groups in total. The van der Waals surface area contributed by atoms with E-state index in [0.717, 1.165) is 39.1 Å². The second-order valence-electron chi connectivity index (χ2n) is 3.97. The van der Waals surface area contributed by atoms with Crippen molar-refractivity contribution in [2.24, 2.45) is 0 Å². The van der Waals surface area contributed by atoms with Crippen LogP contribution in [0.5, 0.6) is 11.5 Å². The lowest BCUT2D eigenvalue weighted by Gasteiger charge is -2.08. The van der Waals surface area contributed by atoms with Crippen LogP contribution in [-0.2, 0) is 13.0 Å². The summed E-state index contributed by atoms with van der Waals surface area (Å²) in [6.07, 6.45) is 0.804. The topological polar surface area (TPSA) is 51.6 Å². The minimum Gasteiger partial charge on any atom is -0.497 e. The zero-order valence-electron chi connectivity index (χ0n) is 11.3. The average molecular weight is 279 g/mol. The van der Waals surface area contributed by atoms with Crippen LogP contribution in [0, 0.1) is 0 Å². The molecule has 0 amide bonds. The van der Waals surface area contributed by atoms with Crippen molar-refractivity contribution in [3.05, 3.63) is 28.8 Å². The number of aliphatic hydroxyl groups excluding tert-OH is 1. The molecule has 0 saturated carbocycles. The van der Waals surface area contributed by atoms with Crippen LogP contribution in [0.3, 0.4) is 0 Å². The highest BCUT2D eigenvalue weighted by Gasteiger charge is 2.15. The molecular formula is C14H17NO3S. The monoisotopic (exact) mass is 279 g/mol. The molecule has 102 valence electrons. The smallest absolute Gasteiger partial charge is 0.129 e. The van der Waals surface area contributed by atoms with E-state index in [9.17, 15) is 5.11 Å². The summed E-state index contributed by atoms with van der Waals surface area (Å²) in [7, 11) is 3.26. The number of aliphatic hydroxyl groups is 1. The van der Waals surface area contributed by atoms with Crippen molar-refractivity contribution in [3.63, 3.8) is 0 Å². The zero-order valence-corrected chi connectivity index (χ0v) is 12.1. The van der Waals surface area contributed by atoms with Gasteiger partial charge in [0.2, 0.25) is 0 Å². The molecule has 19 heavy (non-hydrogen) atoms.